The number of carbonyl (C=O) groups excluding carboxylic acids is 1. The molecule has 0 radical (unpaired) electrons. The molecule has 2 N–H and O–H groups in total. The van der Waals surface area contributed by atoms with Crippen molar-refractivity contribution in [3.8, 4) is 16.9 Å². The second-order valence-corrected chi connectivity index (χ2v) is 9.58. The van der Waals surface area contributed by atoms with Gasteiger partial charge < -0.3 is 5.32 Å². The van der Waals surface area contributed by atoms with Gasteiger partial charge >= 0.3 is 0 Å². The van der Waals surface area contributed by atoms with Gasteiger partial charge in [-0.3, -0.25) is 9.52 Å². The summed E-state index contributed by atoms with van der Waals surface area (Å²) in [6, 6.07) is 23.5. The first-order chi connectivity index (χ1) is 15.8. The van der Waals surface area contributed by atoms with Gasteiger partial charge in [-0.1, -0.05) is 60.1 Å². The van der Waals surface area contributed by atoms with Gasteiger partial charge in [0.15, 0.2) is 0 Å². The predicted molar refractivity (Wildman–Crippen MR) is 130 cm³/mol. The Morgan fingerprint density at radius 3 is 2.33 bits per heavy atom. The molecule has 4 aromatic rings. The average molecular weight is 481 g/mol. The summed E-state index contributed by atoms with van der Waals surface area (Å²) < 4.78 is 27.4. The Morgan fingerprint density at radius 1 is 0.970 bits per heavy atom. The van der Waals surface area contributed by atoms with Crippen LogP contribution >= 0.6 is 11.6 Å². The van der Waals surface area contributed by atoms with Crippen LogP contribution in [0.3, 0.4) is 0 Å². The number of amides is 1. The van der Waals surface area contributed by atoms with E-state index in [0.29, 0.717) is 27.5 Å². The van der Waals surface area contributed by atoms with Crippen LogP contribution in [0.15, 0.2) is 85.1 Å². The van der Waals surface area contributed by atoms with E-state index in [1.165, 1.54) is 0 Å². The number of nitrogens with zero attached hydrogens (tertiary/aromatic N) is 2. The third-order valence-corrected chi connectivity index (χ3v) is 5.69. The molecule has 0 fully saturated rings. The number of carbonyl (C=O) groups is 1. The fourth-order valence-corrected chi connectivity index (χ4v) is 4.04. The van der Waals surface area contributed by atoms with Crippen LogP contribution in [0.2, 0.25) is 5.02 Å². The number of benzene rings is 3. The highest BCUT2D eigenvalue weighted by atomic mass is 35.5. The zero-order valence-electron chi connectivity index (χ0n) is 17.7. The highest BCUT2D eigenvalue weighted by molar-refractivity contribution is 7.92. The van der Waals surface area contributed by atoms with Gasteiger partial charge in [0.25, 0.3) is 5.91 Å². The maximum atomic E-state index is 13.2. The van der Waals surface area contributed by atoms with Gasteiger partial charge in [0.2, 0.25) is 10.0 Å². The Labute approximate surface area is 197 Å². The Morgan fingerprint density at radius 2 is 1.64 bits per heavy atom. The molecule has 1 aromatic heterocycles. The number of rotatable bonds is 7. The molecular weight excluding hydrogens is 460 g/mol. The van der Waals surface area contributed by atoms with Crippen molar-refractivity contribution >= 4 is 33.2 Å². The Bertz CT molecular complexity index is 1380. The summed E-state index contributed by atoms with van der Waals surface area (Å²) in [6.45, 7) is 0.133. The third-order valence-electron chi connectivity index (χ3n) is 4.85. The maximum absolute atomic E-state index is 13.2. The topological polar surface area (TPSA) is 93.1 Å². The number of nitrogens with one attached hydrogen (secondary N) is 2. The largest absolute Gasteiger partial charge is 0.348 e. The Kier molecular flexibility index (Phi) is 6.48. The van der Waals surface area contributed by atoms with Crippen LogP contribution in [0.1, 0.15) is 15.9 Å². The lowest BCUT2D eigenvalue weighted by molar-refractivity contribution is 0.0951. The summed E-state index contributed by atoms with van der Waals surface area (Å²) >= 11 is 6.03. The number of hydrogen-bond acceptors (Lipinski definition) is 4. The van der Waals surface area contributed by atoms with Crippen molar-refractivity contribution in [2.24, 2.45) is 0 Å². The van der Waals surface area contributed by atoms with Crippen LogP contribution in [-0.4, -0.2) is 30.4 Å². The van der Waals surface area contributed by atoms with Crippen molar-refractivity contribution in [1.82, 2.24) is 15.1 Å². The van der Waals surface area contributed by atoms with Crippen LogP contribution in [0.4, 0.5) is 5.69 Å². The van der Waals surface area contributed by atoms with E-state index in [4.69, 9.17) is 11.6 Å². The smallest absolute Gasteiger partial charge is 0.255 e. The summed E-state index contributed by atoms with van der Waals surface area (Å²) in [4.78, 5) is 13.2. The van der Waals surface area contributed by atoms with E-state index in [2.05, 4.69) is 15.1 Å². The van der Waals surface area contributed by atoms with Gasteiger partial charge in [0.1, 0.15) is 5.69 Å². The second kappa shape index (κ2) is 9.48. The molecule has 33 heavy (non-hydrogen) atoms. The normalized spacial score (nSPS) is 11.2. The Balaban J connectivity index is 1.65. The van der Waals surface area contributed by atoms with E-state index in [1.807, 2.05) is 42.5 Å². The summed E-state index contributed by atoms with van der Waals surface area (Å²) in [7, 11) is -3.45. The molecule has 1 amide bonds. The summed E-state index contributed by atoms with van der Waals surface area (Å²) in [5.41, 5.74) is 3.51. The van der Waals surface area contributed by atoms with Crippen LogP contribution in [0.25, 0.3) is 16.9 Å². The molecule has 0 atom stereocenters. The minimum atomic E-state index is -3.45. The number of sulfonamides is 1. The number of halogens is 1. The zero-order chi connectivity index (χ0) is 23.4. The SMILES string of the molecule is CS(=O)(=O)Nc1ccccc1CNC(=O)c1cn(-c2ccccc2)nc1-c1ccc(Cl)cc1. The lowest BCUT2D eigenvalue weighted by atomic mass is 10.1. The van der Waals surface area contributed by atoms with Gasteiger partial charge in [0, 0.05) is 23.3 Å². The van der Waals surface area contributed by atoms with Gasteiger partial charge in [0.05, 0.1) is 23.2 Å². The first-order valence-corrected chi connectivity index (χ1v) is 12.3. The van der Waals surface area contributed by atoms with Gasteiger partial charge in [-0.15, -0.1) is 0 Å². The molecule has 0 unspecified atom stereocenters. The summed E-state index contributed by atoms with van der Waals surface area (Å²) in [5.74, 6) is -0.337. The number of aromatic nitrogens is 2. The highest BCUT2D eigenvalue weighted by Gasteiger charge is 2.19. The number of anilines is 1. The fourth-order valence-electron chi connectivity index (χ4n) is 3.32. The minimum Gasteiger partial charge on any atom is -0.348 e. The summed E-state index contributed by atoms with van der Waals surface area (Å²) in [6.07, 6.45) is 2.76. The van der Waals surface area contributed by atoms with E-state index in [1.54, 1.807) is 47.3 Å². The van der Waals surface area contributed by atoms with Crippen LogP contribution in [-0.2, 0) is 16.6 Å². The lowest BCUT2D eigenvalue weighted by Gasteiger charge is -2.11. The van der Waals surface area contributed by atoms with Crippen molar-refractivity contribution in [3.63, 3.8) is 0 Å². The standard InChI is InChI=1S/C24H21ClN4O3S/c1-33(31,32)28-22-10-6-5-7-18(22)15-26-24(30)21-16-29(20-8-3-2-4-9-20)27-23(21)17-11-13-19(25)14-12-17/h2-14,16,28H,15H2,1H3,(H,26,30). The molecule has 3 aromatic carbocycles. The molecule has 0 aliphatic heterocycles. The molecule has 0 aliphatic rings. The molecule has 0 saturated carbocycles. The Hall–Kier alpha value is -3.62. The van der Waals surface area contributed by atoms with E-state index in [9.17, 15) is 13.2 Å². The first-order valence-electron chi connectivity index (χ1n) is 10.0. The van der Waals surface area contributed by atoms with E-state index in [-0.39, 0.29) is 12.5 Å². The monoisotopic (exact) mass is 480 g/mol. The fraction of sp³-hybridized carbons (Fsp3) is 0.0833. The zero-order valence-corrected chi connectivity index (χ0v) is 19.3. The van der Waals surface area contributed by atoms with Gasteiger partial charge in [-0.2, -0.15) is 5.10 Å². The minimum absolute atomic E-state index is 0.133. The second-order valence-electron chi connectivity index (χ2n) is 7.39. The van der Waals surface area contributed by atoms with Crippen molar-refractivity contribution in [2.75, 3.05) is 11.0 Å². The first kappa shape index (κ1) is 22.6. The van der Waals surface area contributed by atoms with Crippen molar-refractivity contribution in [2.45, 2.75) is 6.54 Å². The molecular formula is C24H21ClN4O3S. The molecule has 0 aliphatic carbocycles. The lowest BCUT2D eigenvalue weighted by Crippen LogP contribution is -2.24. The number of hydrogen-bond donors (Lipinski definition) is 2. The van der Waals surface area contributed by atoms with Crippen molar-refractivity contribution < 1.29 is 13.2 Å². The van der Waals surface area contributed by atoms with Crippen LogP contribution in [0, 0.1) is 0 Å². The molecule has 1 heterocycles. The van der Waals surface area contributed by atoms with E-state index < -0.39 is 10.0 Å². The molecule has 7 nitrogen and oxygen atoms in total. The number of para-hydroxylation sites is 2. The average Bonchev–Trinajstić information content (AvgIpc) is 3.24. The molecule has 9 heteroatoms. The van der Waals surface area contributed by atoms with Gasteiger partial charge in [-0.25, -0.2) is 13.1 Å². The molecule has 4 rings (SSSR count). The molecule has 0 spiro atoms. The van der Waals surface area contributed by atoms with E-state index in [0.717, 1.165) is 17.5 Å². The van der Waals surface area contributed by atoms with Crippen molar-refractivity contribution in [3.05, 3.63) is 101 Å². The summed E-state index contributed by atoms with van der Waals surface area (Å²) in [5, 5.41) is 8.10. The molecule has 0 bridgehead atoms. The molecule has 0 saturated heterocycles. The highest BCUT2D eigenvalue weighted by Crippen LogP contribution is 2.25. The van der Waals surface area contributed by atoms with Crippen LogP contribution < -0.4 is 10.0 Å². The molecule has 168 valence electrons. The van der Waals surface area contributed by atoms with Crippen LogP contribution in [0.5, 0.6) is 0 Å². The van der Waals surface area contributed by atoms with E-state index >= 15 is 0 Å². The predicted octanol–water partition coefficient (Wildman–Crippen LogP) is 4.49. The maximum Gasteiger partial charge on any atom is 0.255 e. The van der Waals surface area contributed by atoms with Gasteiger partial charge in [-0.05, 0) is 35.9 Å². The third kappa shape index (κ3) is 5.60. The van der Waals surface area contributed by atoms with Crippen molar-refractivity contribution in [1.29, 1.82) is 0 Å². The quantitative estimate of drug-likeness (QED) is 0.407.